The molecule has 1 aliphatic heterocycles. The monoisotopic (exact) mass is 470 g/mol. The molecule has 3 rings (SSSR count). The Kier molecular flexibility index (Phi) is 8.80. The second-order valence-corrected chi connectivity index (χ2v) is 10.4. The van der Waals surface area contributed by atoms with Crippen molar-refractivity contribution in [1.29, 1.82) is 0 Å². The van der Waals surface area contributed by atoms with Crippen LogP contribution in [0.2, 0.25) is 0 Å². The fraction of sp³-hybridized carbons (Fsp3) is 0.462. The molecule has 0 aromatic heterocycles. The van der Waals surface area contributed by atoms with Crippen LogP contribution in [0.3, 0.4) is 0 Å². The van der Waals surface area contributed by atoms with Crippen LogP contribution in [-0.2, 0) is 15.9 Å². The maximum atomic E-state index is 12.6. The van der Waals surface area contributed by atoms with Crippen molar-refractivity contribution in [3.05, 3.63) is 60.7 Å². The van der Waals surface area contributed by atoms with Gasteiger partial charge in [0.05, 0.1) is 0 Å². The lowest BCUT2D eigenvalue weighted by Crippen LogP contribution is -2.42. The Hall–Kier alpha value is -2.51. The summed E-state index contributed by atoms with van der Waals surface area (Å²) in [6.45, 7) is 11.2. The second-order valence-electron chi connectivity index (χ2n) is 9.20. The molecule has 178 valence electrons. The minimum atomic E-state index is -0.534. The molecule has 1 saturated heterocycles. The zero-order valence-corrected chi connectivity index (χ0v) is 20.5. The number of benzene rings is 2. The average Bonchev–Trinajstić information content (AvgIpc) is 3.16. The van der Waals surface area contributed by atoms with Gasteiger partial charge in [-0.3, -0.25) is 0 Å². The predicted molar refractivity (Wildman–Crippen MR) is 135 cm³/mol. The molecule has 1 N–H and O–H groups in total. The number of likely N-dealkylation sites (tertiary alicyclic amines) is 1. The van der Waals surface area contributed by atoms with Gasteiger partial charge < -0.3 is 19.7 Å². The lowest BCUT2D eigenvalue weighted by atomic mass is 10.0. The Morgan fingerprint density at radius 2 is 1.97 bits per heavy atom. The fourth-order valence-electron chi connectivity index (χ4n) is 4.00. The summed E-state index contributed by atoms with van der Waals surface area (Å²) >= 11 is 1.16. The van der Waals surface area contributed by atoms with Crippen molar-refractivity contribution in [3.63, 3.8) is 0 Å². The molecule has 1 heterocycles. The summed E-state index contributed by atoms with van der Waals surface area (Å²) in [4.78, 5) is 26.6. The molecule has 2 aromatic carbocycles. The number of carbonyl (C=O) groups excluding carboxylic acids is 2. The van der Waals surface area contributed by atoms with E-state index >= 15 is 0 Å². The van der Waals surface area contributed by atoms with Gasteiger partial charge in [-0.15, -0.1) is 0 Å². The molecule has 0 bridgehead atoms. The first kappa shape index (κ1) is 25.1. The molecule has 0 aliphatic carbocycles. The molecule has 1 fully saturated rings. The number of rotatable bonds is 8. The third-order valence-corrected chi connectivity index (χ3v) is 6.37. The van der Waals surface area contributed by atoms with Crippen LogP contribution in [-0.4, -0.2) is 59.4 Å². The van der Waals surface area contributed by atoms with E-state index in [9.17, 15) is 9.59 Å². The van der Waals surface area contributed by atoms with Gasteiger partial charge in [-0.2, -0.15) is 0 Å². The van der Waals surface area contributed by atoms with Gasteiger partial charge in [-0.1, -0.05) is 55.1 Å². The standard InChI is InChI=1S/C26H34N2O4S/c1-5-15-31-24(29)28-18-22(33-25(30)32-26(2,3)4)16-21(28)17-27-14-13-20-11-8-10-19-9-6-7-12-23(19)20/h5-12,21-22,27H,1,13-18H2,2-4H3. The van der Waals surface area contributed by atoms with Crippen LogP contribution in [0, 0.1) is 0 Å². The summed E-state index contributed by atoms with van der Waals surface area (Å²) in [5.74, 6) is 0. The first-order valence-corrected chi connectivity index (χ1v) is 12.3. The number of amides is 1. The van der Waals surface area contributed by atoms with Crippen LogP contribution in [0.5, 0.6) is 0 Å². The van der Waals surface area contributed by atoms with E-state index in [0.29, 0.717) is 19.5 Å². The number of fused-ring (bicyclic) bond motifs is 1. The minimum Gasteiger partial charge on any atom is -0.452 e. The van der Waals surface area contributed by atoms with E-state index in [1.807, 2.05) is 20.8 Å². The number of nitrogens with zero attached hydrogens (tertiary/aromatic N) is 1. The Morgan fingerprint density at radius 1 is 1.21 bits per heavy atom. The molecule has 6 nitrogen and oxygen atoms in total. The van der Waals surface area contributed by atoms with Crippen molar-refractivity contribution in [1.82, 2.24) is 10.2 Å². The van der Waals surface area contributed by atoms with Crippen LogP contribution in [0.25, 0.3) is 10.8 Å². The summed E-state index contributed by atoms with van der Waals surface area (Å²) < 4.78 is 10.7. The SMILES string of the molecule is C=CCOC(=O)N1CC(SC(=O)OC(C)(C)C)CC1CNCCc1cccc2ccccc12. The number of hydrogen-bond acceptors (Lipinski definition) is 6. The van der Waals surface area contributed by atoms with E-state index in [-0.39, 0.29) is 29.3 Å². The number of ether oxygens (including phenoxy) is 2. The maximum Gasteiger partial charge on any atom is 0.410 e. The smallest absolute Gasteiger partial charge is 0.410 e. The highest BCUT2D eigenvalue weighted by atomic mass is 32.2. The Bertz CT molecular complexity index is 967. The highest BCUT2D eigenvalue weighted by molar-refractivity contribution is 8.13. The largest absolute Gasteiger partial charge is 0.452 e. The van der Waals surface area contributed by atoms with Crippen LogP contribution in [0.1, 0.15) is 32.8 Å². The minimum absolute atomic E-state index is 0.0269. The molecule has 0 saturated carbocycles. The summed E-state index contributed by atoms with van der Waals surface area (Å²) in [6.07, 6.45) is 2.78. The van der Waals surface area contributed by atoms with Crippen molar-refractivity contribution in [2.75, 3.05) is 26.2 Å². The Labute approximate surface area is 200 Å². The molecular formula is C26H34N2O4S. The number of hydrogen-bond donors (Lipinski definition) is 1. The predicted octanol–water partition coefficient (Wildman–Crippen LogP) is 5.41. The van der Waals surface area contributed by atoms with Crippen LogP contribution < -0.4 is 5.32 Å². The number of thioether (sulfide) groups is 1. The fourth-order valence-corrected chi connectivity index (χ4v) is 5.13. The zero-order valence-electron chi connectivity index (χ0n) is 19.7. The molecular weight excluding hydrogens is 436 g/mol. The first-order valence-electron chi connectivity index (χ1n) is 11.4. The molecule has 2 atom stereocenters. The maximum absolute atomic E-state index is 12.6. The van der Waals surface area contributed by atoms with Gasteiger partial charge in [0.15, 0.2) is 0 Å². The van der Waals surface area contributed by atoms with Crippen molar-refractivity contribution in [2.24, 2.45) is 0 Å². The van der Waals surface area contributed by atoms with E-state index in [2.05, 4.69) is 54.4 Å². The molecule has 33 heavy (non-hydrogen) atoms. The summed E-state index contributed by atoms with van der Waals surface area (Å²) in [5.41, 5.74) is 0.765. The molecule has 0 spiro atoms. The first-order chi connectivity index (χ1) is 15.8. The normalized spacial score (nSPS) is 18.3. The summed E-state index contributed by atoms with van der Waals surface area (Å²) in [5, 5.41) is 5.67. The van der Waals surface area contributed by atoms with E-state index in [1.54, 1.807) is 11.0 Å². The van der Waals surface area contributed by atoms with Gasteiger partial charge in [-0.25, -0.2) is 9.59 Å². The highest BCUT2D eigenvalue weighted by Crippen LogP contribution is 2.30. The topological polar surface area (TPSA) is 67.9 Å². The van der Waals surface area contributed by atoms with E-state index < -0.39 is 5.60 Å². The second kappa shape index (κ2) is 11.6. The van der Waals surface area contributed by atoms with E-state index in [0.717, 1.165) is 24.7 Å². The Morgan fingerprint density at radius 3 is 2.73 bits per heavy atom. The van der Waals surface area contributed by atoms with Gasteiger partial charge in [0, 0.05) is 24.4 Å². The van der Waals surface area contributed by atoms with Gasteiger partial charge in [0.25, 0.3) is 0 Å². The molecule has 2 unspecified atom stereocenters. The van der Waals surface area contributed by atoms with Gasteiger partial charge in [0.2, 0.25) is 0 Å². The Balaban J connectivity index is 1.56. The van der Waals surface area contributed by atoms with Crippen LogP contribution >= 0.6 is 11.8 Å². The van der Waals surface area contributed by atoms with E-state index in [4.69, 9.17) is 9.47 Å². The van der Waals surface area contributed by atoms with Crippen molar-refractivity contribution >= 4 is 33.9 Å². The quantitative estimate of drug-likeness (QED) is 0.316. The molecule has 7 heteroatoms. The zero-order chi connectivity index (χ0) is 23.8. The van der Waals surface area contributed by atoms with Crippen LogP contribution in [0.15, 0.2) is 55.1 Å². The van der Waals surface area contributed by atoms with Gasteiger partial charge >= 0.3 is 11.4 Å². The lowest BCUT2D eigenvalue weighted by Gasteiger charge is -2.24. The summed E-state index contributed by atoms with van der Waals surface area (Å²) in [6, 6.07) is 14.7. The molecule has 2 aromatic rings. The van der Waals surface area contributed by atoms with Gasteiger partial charge in [-0.05, 0) is 68.3 Å². The van der Waals surface area contributed by atoms with Crippen molar-refractivity contribution < 1.29 is 19.1 Å². The number of nitrogens with one attached hydrogen (secondary N) is 1. The highest BCUT2D eigenvalue weighted by Gasteiger charge is 2.38. The van der Waals surface area contributed by atoms with Crippen LogP contribution in [0.4, 0.5) is 9.59 Å². The number of carbonyl (C=O) groups is 2. The average molecular weight is 471 g/mol. The lowest BCUT2D eigenvalue weighted by molar-refractivity contribution is 0.0736. The summed E-state index contributed by atoms with van der Waals surface area (Å²) in [7, 11) is 0. The van der Waals surface area contributed by atoms with Crippen molar-refractivity contribution in [2.45, 2.75) is 50.5 Å². The molecule has 1 aliphatic rings. The third kappa shape index (κ3) is 7.51. The van der Waals surface area contributed by atoms with Gasteiger partial charge in [0.1, 0.15) is 12.2 Å². The molecule has 0 radical (unpaired) electrons. The van der Waals surface area contributed by atoms with Crippen molar-refractivity contribution in [3.8, 4) is 0 Å². The third-order valence-electron chi connectivity index (χ3n) is 5.42. The molecule has 1 amide bonds. The van der Waals surface area contributed by atoms with E-state index in [1.165, 1.54) is 16.3 Å².